The van der Waals surface area contributed by atoms with Crippen LogP contribution < -0.4 is 0 Å². The molecule has 3 aliphatic carbocycles. The maximum Gasteiger partial charge on any atom is 0.422 e. The van der Waals surface area contributed by atoms with Crippen LogP contribution in [0.1, 0.15) is 88.2 Å². The molecule has 0 amide bonds. The van der Waals surface area contributed by atoms with E-state index in [4.69, 9.17) is 0 Å². The molecule has 0 spiro atoms. The van der Waals surface area contributed by atoms with Crippen LogP contribution in [0.25, 0.3) is 0 Å². The highest BCUT2D eigenvalue weighted by Crippen LogP contribution is 2.55. The third-order valence-electron chi connectivity index (χ3n) is 8.17. The Morgan fingerprint density at radius 3 is 2.00 bits per heavy atom. The van der Waals surface area contributed by atoms with Gasteiger partial charge in [0.1, 0.15) is 17.2 Å². The Hall–Kier alpha value is -1.13. The molecule has 3 fully saturated rings. The first-order valence-corrected chi connectivity index (χ1v) is 11.3. The van der Waals surface area contributed by atoms with Crippen LogP contribution in [0, 0.1) is 41.2 Å². The molecule has 0 radical (unpaired) electrons. The van der Waals surface area contributed by atoms with Crippen molar-refractivity contribution in [3.8, 4) is 0 Å². The summed E-state index contributed by atoms with van der Waals surface area (Å²) in [6.07, 6.45) is 6.73. The number of benzene rings is 1. The Balaban J connectivity index is 1.46. The topological polar surface area (TPSA) is 0 Å². The summed E-state index contributed by atoms with van der Waals surface area (Å²) in [7, 11) is 0. The highest BCUT2D eigenvalue weighted by molar-refractivity contribution is 5.31. The van der Waals surface area contributed by atoms with Gasteiger partial charge < -0.3 is 0 Å². The molecule has 3 saturated carbocycles. The molecule has 3 aliphatic rings. The van der Waals surface area contributed by atoms with E-state index in [-0.39, 0.29) is 5.92 Å². The molecule has 1 aromatic rings. The summed E-state index contributed by atoms with van der Waals surface area (Å²) in [6.45, 7) is 2.26. The minimum absolute atomic E-state index is 0.0319. The predicted molar refractivity (Wildman–Crippen MR) is 103 cm³/mol. The fraction of sp³-hybridized carbons (Fsp3) is 0.750. The van der Waals surface area contributed by atoms with Gasteiger partial charge in [-0.05, 0) is 98.1 Å². The van der Waals surface area contributed by atoms with Gasteiger partial charge in [0, 0.05) is 0 Å². The molecule has 1 aromatic carbocycles. The van der Waals surface area contributed by atoms with Gasteiger partial charge in [-0.25, -0.2) is 8.78 Å². The Morgan fingerprint density at radius 1 is 0.828 bits per heavy atom. The van der Waals surface area contributed by atoms with Gasteiger partial charge in [-0.2, -0.15) is 13.2 Å². The molecule has 0 saturated heterocycles. The van der Waals surface area contributed by atoms with Crippen molar-refractivity contribution in [3.05, 3.63) is 34.9 Å². The smallest absolute Gasteiger partial charge is 0.206 e. The highest BCUT2D eigenvalue weighted by Gasteiger charge is 2.45. The fourth-order valence-electron chi connectivity index (χ4n) is 6.96. The second-order valence-electron chi connectivity index (χ2n) is 9.76. The maximum atomic E-state index is 14.1. The van der Waals surface area contributed by atoms with E-state index >= 15 is 0 Å². The first-order chi connectivity index (χ1) is 13.8. The minimum atomic E-state index is -5.00. The zero-order valence-electron chi connectivity index (χ0n) is 17.1. The predicted octanol–water partition coefficient (Wildman–Crippen LogP) is 8.11. The van der Waals surface area contributed by atoms with Crippen LogP contribution in [0.15, 0.2) is 12.1 Å². The van der Waals surface area contributed by atoms with E-state index in [1.807, 2.05) is 0 Å². The van der Waals surface area contributed by atoms with Gasteiger partial charge in [-0.15, -0.1) is 0 Å². The van der Waals surface area contributed by atoms with Crippen molar-refractivity contribution in [2.45, 2.75) is 83.2 Å². The molecule has 29 heavy (non-hydrogen) atoms. The first kappa shape index (κ1) is 21.1. The normalized spacial score (nSPS) is 35.1. The monoisotopic (exact) mass is 414 g/mol. The van der Waals surface area contributed by atoms with Crippen molar-refractivity contribution in [1.29, 1.82) is 0 Å². The van der Waals surface area contributed by atoms with Crippen molar-refractivity contribution in [1.82, 2.24) is 0 Å². The third kappa shape index (κ3) is 4.20. The standard InChI is InChI=1S/C24H31F5/c1-2-3-14-4-8-19-16(10-14)5-6-17-11-15(7-9-20(17)19)18-12-21(25)23(22(26)13-18)24(27,28)29/h12-17,19-20H,2-11H2,1H3. The number of fused-ring (bicyclic) bond motifs is 3. The highest BCUT2D eigenvalue weighted by atomic mass is 19.4. The van der Waals surface area contributed by atoms with Crippen molar-refractivity contribution < 1.29 is 22.0 Å². The quantitative estimate of drug-likeness (QED) is 0.438. The summed E-state index contributed by atoms with van der Waals surface area (Å²) >= 11 is 0. The molecule has 0 N–H and O–H groups in total. The summed E-state index contributed by atoms with van der Waals surface area (Å²) < 4.78 is 66.7. The van der Waals surface area contributed by atoms with E-state index in [9.17, 15) is 22.0 Å². The lowest BCUT2D eigenvalue weighted by atomic mass is 9.55. The van der Waals surface area contributed by atoms with E-state index in [2.05, 4.69) is 6.92 Å². The fourth-order valence-corrected chi connectivity index (χ4v) is 6.96. The van der Waals surface area contributed by atoms with Gasteiger partial charge in [-0.1, -0.05) is 26.2 Å². The largest absolute Gasteiger partial charge is 0.422 e. The second kappa shape index (κ2) is 8.19. The van der Waals surface area contributed by atoms with Crippen LogP contribution in [0.5, 0.6) is 0 Å². The Morgan fingerprint density at radius 2 is 1.41 bits per heavy atom. The lowest BCUT2D eigenvalue weighted by molar-refractivity contribution is -0.142. The SMILES string of the molecule is CCCC1CCC2C(CCC3CC(c4cc(F)c(C(F)(F)F)c(F)c4)CCC32)C1. The van der Waals surface area contributed by atoms with E-state index in [1.165, 1.54) is 38.5 Å². The molecule has 4 rings (SSSR count). The van der Waals surface area contributed by atoms with Gasteiger partial charge in [-0.3, -0.25) is 0 Å². The third-order valence-corrected chi connectivity index (χ3v) is 8.17. The minimum Gasteiger partial charge on any atom is -0.206 e. The Kier molecular flexibility index (Phi) is 5.96. The van der Waals surface area contributed by atoms with Gasteiger partial charge in [0.15, 0.2) is 0 Å². The lowest BCUT2D eigenvalue weighted by Crippen LogP contribution is -2.41. The number of halogens is 5. The van der Waals surface area contributed by atoms with Crippen molar-refractivity contribution in [2.24, 2.45) is 29.6 Å². The van der Waals surface area contributed by atoms with E-state index in [1.54, 1.807) is 0 Å². The van der Waals surface area contributed by atoms with Crippen LogP contribution >= 0.6 is 0 Å². The average molecular weight is 415 g/mol. The average Bonchev–Trinajstić information content (AvgIpc) is 2.65. The molecule has 0 aromatic heterocycles. The summed E-state index contributed by atoms with van der Waals surface area (Å²) in [4.78, 5) is 0. The summed E-state index contributed by atoms with van der Waals surface area (Å²) in [5, 5.41) is 0. The van der Waals surface area contributed by atoms with Gasteiger partial charge in [0.05, 0.1) is 0 Å². The molecule has 6 unspecified atom stereocenters. The van der Waals surface area contributed by atoms with E-state index in [0.717, 1.165) is 55.6 Å². The van der Waals surface area contributed by atoms with Gasteiger partial charge in [0.2, 0.25) is 0 Å². The van der Waals surface area contributed by atoms with Crippen LogP contribution in [-0.2, 0) is 6.18 Å². The van der Waals surface area contributed by atoms with Gasteiger partial charge in [0.25, 0.3) is 0 Å². The van der Waals surface area contributed by atoms with Crippen molar-refractivity contribution >= 4 is 0 Å². The van der Waals surface area contributed by atoms with E-state index < -0.39 is 23.4 Å². The zero-order valence-corrected chi connectivity index (χ0v) is 17.1. The lowest BCUT2D eigenvalue weighted by Gasteiger charge is -2.51. The van der Waals surface area contributed by atoms with Crippen LogP contribution in [-0.4, -0.2) is 0 Å². The number of hydrogen-bond donors (Lipinski definition) is 0. The number of alkyl halides is 3. The van der Waals surface area contributed by atoms with Crippen molar-refractivity contribution in [3.63, 3.8) is 0 Å². The van der Waals surface area contributed by atoms with Crippen LogP contribution in [0.4, 0.5) is 22.0 Å². The summed E-state index contributed by atoms with van der Waals surface area (Å²) in [6, 6.07) is 1.86. The Bertz CT molecular complexity index is 701. The van der Waals surface area contributed by atoms with E-state index in [0.29, 0.717) is 17.4 Å². The number of rotatable bonds is 3. The zero-order chi connectivity index (χ0) is 20.8. The molecule has 162 valence electrons. The Labute approximate surface area is 170 Å². The molecule has 0 bridgehead atoms. The molecule has 6 atom stereocenters. The molecule has 0 nitrogen and oxygen atoms in total. The molecular weight excluding hydrogens is 383 g/mol. The van der Waals surface area contributed by atoms with Crippen molar-refractivity contribution in [2.75, 3.05) is 0 Å². The maximum absolute atomic E-state index is 14.1. The molecule has 0 heterocycles. The first-order valence-electron chi connectivity index (χ1n) is 11.3. The molecule has 5 heteroatoms. The van der Waals surface area contributed by atoms with Crippen LogP contribution in [0.3, 0.4) is 0 Å². The summed E-state index contributed by atoms with van der Waals surface area (Å²) in [5.41, 5.74) is -1.36. The molecular formula is C24H31F5. The number of hydrogen-bond acceptors (Lipinski definition) is 0. The molecule has 0 aliphatic heterocycles. The second-order valence-corrected chi connectivity index (χ2v) is 9.76. The summed E-state index contributed by atoms with van der Waals surface area (Å²) in [5.74, 6) is 0.744. The van der Waals surface area contributed by atoms with Crippen LogP contribution in [0.2, 0.25) is 0 Å². The van der Waals surface area contributed by atoms with Gasteiger partial charge >= 0.3 is 6.18 Å².